The molecule has 0 unspecified atom stereocenters. The first-order valence-electron chi connectivity index (χ1n) is 8.43. The number of rotatable bonds is 3. The number of nitrogens with zero attached hydrogens (tertiary/aromatic N) is 3. The molecule has 0 radical (unpaired) electrons. The van der Waals surface area contributed by atoms with Gasteiger partial charge in [-0.2, -0.15) is 0 Å². The molecule has 2 aliphatic rings. The fraction of sp³-hybridized carbons (Fsp3) is 0.647. The van der Waals surface area contributed by atoms with E-state index in [2.05, 4.69) is 34.3 Å². The molecule has 4 nitrogen and oxygen atoms in total. The van der Waals surface area contributed by atoms with Crippen molar-refractivity contribution in [3.63, 3.8) is 0 Å². The fourth-order valence-corrected chi connectivity index (χ4v) is 5.33. The Morgan fingerprint density at radius 3 is 2.77 bits per heavy atom. The lowest BCUT2D eigenvalue weighted by Crippen LogP contribution is -2.40. The van der Waals surface area contributed by atoms with Crippen LogP contribution in [0.4, 0.5) is 5.82 Å². The molecule has 0 aliphatic heterocycles. The molecule has 0 amide bonds. The van der Waals surface area contributed by atoms with Crippen LogP contribution in [0.3, 0.4) is 0 Å². The molecule has 2 aliphatic carbocycles. The van der Waals surface area contributed by atoms with E-state index in [4.69, 9.17) is 0 Å². The van der Waals surface area contributed by atoms with Crippen LogP contribution < -0.4 is 10.2 Å². The van der Waals surface area contributed by atoms with Crippen LogP contribution >= 0.6 is 11.3 Å². The molecule has 0 atom stereocenters. The Morgan fingerprint density at radius 2 is 2.00 bits per heavy atom. The Balaban J connectivity index is 1.66. The molecule has 22 heavy (non-hydrogen) atoms. The van der Waals surface area contributed by atoms with Gasteiger partial charge in [0.25, 0.3) is 0 Å². The molecule has 0 bridgehead atoms. The Hall–Kier alpha value is -1.20. The third-order valence-electron chi connectivity index (χ3n) is 5.47. The van der Waals surface area contributed by atoms with E-state index in [9.17, 15) is 0 Å². The molecule has 118 valence electrons. The van der Waals surface area contributed by atoms with Crippen molar-refractivity contribution >= 4 is 27.4 Å². The zero-order valence-corrected chi connectivity index (χ0v) is 14.2. The molecule has 2 aromatic heterocycles. The Bertz CT molecular complexity index is 673. The number of hydrogen-bond acceptors (Lipinski definition) is 5. The van der Waals surface area contributed by atoms with E-state index in [-0.39, 0.29) is 0 Å². The summed E-state index contributed by atoms with van der Waals surface area (Å²) in [4.78, 5) is 14.4. The molecule has 2 aromatic rings. The summed E-state index contributed by atoms with van der Waals surface area (Å²) in [6.07, 6.45) is 10.5. The molecule has 2 heterocycles. The highest BCUT2D eigenvalue weighted by Gasteiger charge is 2.27. The highest BCUT2D eigenvalue weighted by Crippen LogP contribution is 2.40. The fourth-order valence-electron chi connectivity index (χ4n) is 4.10. The van der Waals surface area contributed by atoms with Crippen molar-refractivity contribution in [2.75, 3.05) is 19.0 Å². The smallest absolute Gasteiger partial charge is 0.141 e. The second-order valence-electron chi connectivity index (χ2n) is 6.64. The lowest BCUT2D eigenvalue weighted by molar-refractivity contribution is 0.351. The van der Waals surface area contributed by atoms with Crippen LogP contribution in [0, 0.1) is 0 Å². The summed E-state index contributed by atoms with van der Waals surface area (Å²) >= 11 is 1.88. The van der Waals surface area contributed by atoms with E-state index < -0.39 is 0 Å². The van der Waals surface area contributed by atoms with E-state index in [1.165, 1.54) is 60.7 Å². The van der Waals surface area contributed by atoms with E-state index in [0.717, 1.165) is 5.82 Å². The van der Waals surface area contributed by atoms with Crippen LogP contribution in [-0.2, 0) is 12.8 Å². The first-order valence-corrected chi connectivity index (χ1v) is 9.25. The summed E-state index contributed by atoms with van der Waals surface area (Å²) < 4.78 is 0. The van der Waals surface area contributed by atoms with Crippen molar-refractivity contribution in [1.29, 1.82) is 0 Å². The van der Waals surface area contributed by atoms with Crippen LogP contribution in [0.1, 0.15) is 42.5 Å². The maximum Gasteiger partial charge on any atom is 0.141 e. The minimum Gasteiger partial charge on any atom is -0.356 e. The van der Waals surface area contributed by atoms with Crippen LogP contribution in [-0.4, -0.2) is 36.1 Å². The van der Waals surface area contributed by atoms with Crippen molar-refractivity contribution in [2.24, 2.45) is 0 Å². The van der Waals surface area contributed by atoms with Gasteiger partial charge < -0.3 is 10.2 Å². The molecule has 1 saturated carbocycles. The lowest BCUT2D eigenvalue weighted by Gasteiger charge is -2.35. The first-order chi connectivity index (χ1) is 10.8. The predicted molar refractivity (Wildman–Crippen MR) is 92.9 cm³/mol. The third-order valence-corrected chi connectivity index (χ3v) is 6.67. The lowest BCUT2D eigenvalue weighted by atomic mass is 9.90. The molecular formula is C17H24N4S. The van der Waals surface area contributed by atoms with Gasteiger partial charge in [0.1, 0.15) is 17.0 Å². The number of nitrogens with one attached hydrogen (secondary N) is 1. The number of aryl methyl sites for hydroxylation is 2. The quantitative estimate of drug-likeness (QED) is 0.944. The van der Waals surface area contributed by atoms with Gasteiger partial charge in [-0.05, 0) is 57.6 Å². The highest BCUT2D eigenvalue weighted by atomic mass is 32.1. The van der Waals surface area contributed by atoms with E-state index in [1.54, 1.807) is 11.2 Å². The van der Waals surface area contributed by atoms with Crippen LogP contribution in [0.5, 0.6) is 0 Å². The third kappa shape index (κ3) is 2.31. The normalized spacial score (nSPS) is 24.6. The van der Waals surface area contributed by atoms with Gasteiger partial charge in [-0.3, -0.25) is 0 Å². The molecule has 0 aromatic carbocycles. The van der Waals surface area contributed by atoms with E-state index in [1.807, 2.05) is 11.3 Å². The Kier molecular flexibility index (Phi) is 3.78. The molecular weight excluding hydrogens is 292 g/mol. The Labute approximate surface area is 136 Å². The maximum atomic E-state index is 4.68. The molecule has 1 N–H and O–H groups in total. The highest BCUT2D eigenvalue weighted by molar-refractivity contribution is 7.19. The van der Waals surface area contributed by atoms with Crippen molar-refractivity contribution in [2.45, 2.75) is 57.0 Å². The van der Waals surface area contributed by atoms with Gasteiger partial charge in [0.15, 0.2) is 0 Å². The second kappa shape index (κ2) is 5.78. The first kappa shape index (κ1) is 14.4. The average Bonchev–Trinajstić information content (AvgIpc) is 3.14. The van der Waals surface area contributed by atoms with Crippen LogP contribution in [0.2, 0.25) is 0 Å². The second-order valence-corrected chi connectivity index (χ2v) is 7.72. The number of fused-ring (bicyclic) bond motifs is 3. The number of hydrogen-bond donors (Lipinski definition) is 1. The van der Waals surface area contributed by atoms with Gasteiger partial charge in [0.05, 0.1) is 5.39 Å². The standard InChI is InChI=1S/C17H24N4S/c1-18-11-6-8-12(9-7-11)21(2)16-15-13-4-3-5-14(13)22-17(15)20-10-19-16/h10-12,18H,3-9H2,1-2H3. The van der Waals surface area contributed by atoms with Crippen molar-refractivity contribution in [3.8, 4) is 0 Å². The topological polar surface area (TPSA) is 41.0 Å². The van der Waals surface area contributed by atoms with Crippen LogP contribution in [0.25, 0.3) is 10.2 Å². The van der Waals surface area contributed by atoms with Gasteiger partial charge in [0, 0.05) is 24.0 Å². The van der Waals surface area contributed by atoms with Crippen molar-refractivity contribution < 1.29 is 0 Å². The number of thiophene rings is 1. The molecule has 1 fully saturated rings. The van der Waals surface area contributed by atoms with E-state index >= 15 is 0 Å². The summed E-state index contributed by atoms with van der Waals surface area (Å²) in [5.74, 6) is 1.16. The van der Waals surface area contributed by atoms with Crippen molar-refractivity contribution in [3.05, 3.63) is 16.8 Å². The number of anilines is 1. The summed E-state index contributed by atoms with van der Waals surface area (Å²) in [6.45, 7) is 0. The maximum absolute atomic E-state index is 4.68. The SMILES string of the molecule is CNC1CCC(N(C)c2ncnc3sc4c(c23)CCC4)CC1. The van der Waals surface area contributed by atoms with E-state index in [0.29, 0.717) is 12.1 Å². The summed E-state index contributed by atoms with van der Waals surface area (Å²) in [7, 11) is 4.31. The monoisotopic (exact) mass is 316 g/mol. The van der Waals surface area contributed by atoms with Gasteiger partial charge in [-0.25, -0.2) is 9.97 Å². The molecule has 0 spiro atoms. The van der Waals surface area contributed by atoms with Gasteiger partial charge in [0.2, 0.25) is 0 Å². The average molecular weight is 316 g/mol. The minimum absolute atomic E-state index is 0.611. The summed E-state index contributed by atoms with van der Waals surface area (Å²) in [5.41, 5.74) is 1.53. The predicted octanol–water partition coefficient (Wildman–Crippen LogP) is 3.15. The zero-order chi connectivity index (χ0) is 15.1. The number of aromatic nitrogens is 2. The zero-order valence-electron chi connectivity index (χ0n) is 13.4. The summed E-state index contributed by atoms with van der Waals surface area (Å²) in [6, 6.07) is 1.31. The van der Waals surface area contributed by atoms with Gasteiger partial charge >= 0.3 is 0 Å². The molecule has 5 heteroatoms. The van der Waals surface area contributed by atoms with Crippen molar-refractivity contribution in [1.82, 2.24) is 15.3 Å². The summed E-state index contributed by atoms with van der Waals surface area (Å²) in [5, 5.41) is 4.77. The minimum atomic E-state index is 0.611. The largest absolute Gasteiger partial charge is 0.356 e. The Morgan fingerprint density at radius 1 is 1.18 bits per heavy atom. The molecule has 4 rings (SSSR count). The van der Waals surface area contributed by atoms with Gasteiger partial charge in [-0.1, -0.05) is 0 Å². The van der Waals surface area contributed by atoms with Crippen LogP contribution in [0.15, 0.2) is 6.33 Å². The molecule has 0 saturated heterocycles. The van der Waals surface area contributed by atoms with Gasteiger partial charge in [-0.15, -0.1) is 11.3 Å².